The van der Waals surface area contributed by atoms with Crippen LogP contribution in [0.25, 0.3) is 5.69 Å². The minimum Gasteiger partial charge on any atom is -0.339 e. The molecule has 0 bridgehead atoms. The summed E-state index contributed by atoms with van der Waals surface area (Å²) in [5.41, 5.74) is 1.85. The van der Waals surface area contributed by atoms with Gasteiger partial charge in [-0.15, -0.1) is 0 Å². The van der Waals surface area contributed by atoms with Gasteiger partial charge in [-0.05, 0) is 55.3 Å². The van der Waals surface area contributed by atoms with E-state index in [9.17, 15) is 17.6 Å². The van der Waals surface area contributed by atoms with Crippen molar-refractivity contribution in [2.24, 2.45) is 0 Å². The van der Waals surface area contributed by atoms with E-state index in [1.54, 1.807) is 23.0 Å². The van der Waals surface area contributed by atoms with Crippen molar-refractivity contribution in [1.82, 2.24) is 24.0 Å². The van der Waals surface area contributed by atoms with Crippen LogP contribution in [0.3, 0.4) is 0 Å². The van der Waals surface area contributed by atoms with Crippen molar-refractivity contribution in [2.75, 3.05) is 20.6 Å². The minimum atomic E-state index is -3.73. The van der Waals surface area contributed by atoms with Crippen LogP contribution in [-0.4, -0.2) is 58.9 Å². The molecule has 0 saturated carbocycles. The zero-order chi connectivity index (χ0) is 23.3. The zero-order valence-electron chi connectivity index (χ0n) is 18.2. The van der Waals surface area contributed by atoms with Crippen LogP contribution >= 0.6 is 0 Å². The molecular weight excluding hydrogens is 433 g/mol. The molecule has 1 aromatic heterocycles. The Labute approximate surface area is 187 Å². The molecule has 1 unspecified atom stereocenters. The van der Waals surface area contributed by atoms with E-state index < -0.39 is 15.8 Å². The fraction of sp³-hybridized carbons (Fsp3) is 0.318. The first kappa shape index (κ1) is 23.6. The number of nitrogens with zero attached hydrogens (tertiary/aromatic N) is 5. The molecule has 3 aromatic rings. The number of sulfonamides is 1. The summed E-state index contributed by atoms with van der Waals surface area (Å²) in [6.07, 6.45) is 3.66. The number of rotatable bonds is 9. The zero-order valence-corrected chi connectivity index (χ0v) is 19.0. The molecule has 3 rings (SSSR count). The van der Waals surface area contributed by atoms with Crippen LogP contribution < -0.4 is 0 Å². The second kappa shape index (κ2) is 10.0. The maximum Gasteiger partial charge on any atom is 0.242 e. The smallest absolute Gasteiger partial charge is 0.242 e. The first-order chi connectivity index (χ1) is 15.2. The maximum atomic E-state index is 13.1. The highest BCUT2D eigenvalue weighted by Crippen LogP contribution is 2.21. The third kappa shape index (κ3) is 5.38. The van der Waals surface area contributed by atoms with Crippen molar-refractivity contribution in [3.8, 4) is 5.69 Å². The molecule has 1 atom stereocenters. The monoisotopic (exact) mass is 459 g/mol. The highest BCUT2D eigenvalue weighted by atomic mass is 32.2. The number of halogens is 1. The van der Waals surface area contributed by atoms with Crippen LogP contribution in [0.5, 0.6) is 0 Å². The Kier molecular flexibility index (Phi) is 7.37. The summed E-state index contributed by atoms with van der Waals surface area (Å²) in [6.45, 7) is 2.12. The van der Waals surface area contributed by atoms with E-state index in [0.717, 1.165) is 23.4 Å². The Morgan fingerprint density at radius 2 is 1.75 bits per heavy atom. The summed E-state index contributed by atoms with van der Waals surface area (Å²) < 4.78 is 41.0. The van der Waals surface area contributed by atoms with Gasteiger partial charge in [-0.2, -0.15) is 5.10 Å². The first-order valence-corrected chi connectivity index (χ1v) is 11.6. The van der Waals surface area contributed by atoms with Gasteiger partial charge in [-0.3, -0.25) is 4.79 Å². The second-order valence-electron chi connectivity index (χ2n) is 7.50. The second-order valence-corrected chi connectivity index (χ2v) is 9.54. The summed E-state index contributed by atoms with van der Waals surface area (Å²) in [5.74, 6) is -0.576. The van der Waals surface area contributed by atoms with Crippen LogP contribution in [0.15, 0.2) is 66.1 Å². The van der Waals surface area contributed by atoms with E-state index in [1.807, 2.05) is 31.2 Å². The SMILES string of the molecule is CC(c1ccc(-n2cncn2)cc1)N(C)C(=O)CCCN(C)S(=O)(=O)c1ccc(F)cc1. The van der Waals surface area contributed by atoms with Gasteiger partial charge in [0.15, 0.2) is 0 Å². The molecule has 0 saturated heterocycles. The first-order valence-electron chi connectivity index (χ1n) is 10.1. The topological polar surface area (TPSA) is 88.4 Å². The number of hydrogen-bond acceptors (Lipinski definition) is 5. The van der Waals surface area contributed by atoms with Gasteiger partial charge in [0.05, 0.1) is 16.6 Å². The van der Waals surface area contributed by atoms with Crippen LogP contribution in [-0.2, 0) is 14.8 Å². The van der Waals surface area contributed by atoms with Gasteiger partial charge in [0.2, 0.25) is 15.9 Å². The van der Waals surface area contributed by atoms with E-state index in [-0.39, 0.29) is 29.8 Å². The Bertz CT molecular complexity index is 1130. The number of amides is 1. The standard InChI is InChI=1S/C22H26FN5O3S/c1-17(18-6-10-20(11-7-18)28-16-24-15-25-28)27(3)22(29)5-4-14-26(2)32(30,31)21-12-8-19(23)9-13-21/h6-13,15-17H,4-5,14H2,1-3H3. The molecule has 170 valence electrons. The number of carbonyl (C=O) groups is 1. The summed E-state index contributed by atoms with van der Waals surface area (Å²) in [6, 6.07) is 12.2. The lowest BCUT2D eigenvalue weighted by molar-refractivity contribution is -0.131. The van der Waals surface area contributed by atoms with Crippen LogP contribution in [0.2, 0.25) is 0 Å². The number of benzene rings is 2. The molecule has 1 heterocycles. The Morgan fingerprint density at radius 3 is 2.34 bits per heavy atom. The Balaban J connectivity index is 1.53. The van der Waals surface area contributed by atoms with Crippen LogP contribution in [0.4, 0.5) is 4.39 Å². The lowest BCUT2D eigenvalue weighted by atomic mass is 10.1. The van der Waals surface area contributed by atoms with Gasteiger partial charge in [0, 0.05) is 27.1 Å². The summed E-state index contributed by atoms with van der Waals surface area (Å²) >= 11 is 0. The van der Waals surface area contributed by atoms with E-state index in [2.05, 4.69) is 10.1 Å². The third-order valence-corrected chi connectivity index (χ3v) is 7.29. The van der Waals surface area contributed by atoms with Crippen molar-refractivity contribution < 1.29 is 17.6 Å². The summed E-state index contributed by atoms with van der Waals surface area (Å²) in [4.78, 5) is 18.2. The Morgan fingerprint density at radius 1 is 1.09 bits per heavy atom. The van der Waals surface area contributed by atoms with Gasteiger partial charge in [-0.25, -0.2) is 26.8 Å². The van der Waals surface area contributed by atoms with Crippen LogP contribution in [0.1, 0.15) is 31.4 Å². The lowest BCUT2D eigenvalue weighted by Gasteiger charge is -2.26. The van der Waals surface area contributed by atoms with Crippen molar-refractivity contribution in [1.29, 1.82) is 0 Å². The van der Waals surface area contributed by atoms with Crippen molar-refractivity contribution in [3.05, 3.63) is 72.6 Å². The third-order valence-electron chi connectivity index (χ3n) is 5.42. The van der Waals surface area contributed by atoms with Gasteiger partial charge in [-0.1, -0.05) is 12.1 Å². The van der Waals surface area contributed by atoms with Crippen molar-refractivity contribution in [3.63, 3.8) is 0 Å². The van der Waals surface area contributed by atoms with Gasteiger partial charge < -0.3 is 4.90 Å². The van der Waals surface area contributed by atoms with Crippen molar-refractivity contribution in [2.45, 2.75) is 30.7 Å². The molecule has 0 aliphatic carbocycles. The van der Waals surface area contributed by atoms with E-state index in [1.165, 1.54) is 29.8 Å². The molecule has 2 aromatic carbocycles. The molecule has 0 aliphatic rings. The summed E-state index contributed by atoms with van der Waals surface area (Å²) in [7, 11) is -0.542. The number of carbonyl (C=O) groups excluding carboxylic acids is 1. The van der Waals surface area contributed by atoms with Gasteiger partial charge in [0.1, 0.15) is 18.5 Å². The molecule has 0 fully saturated rings. The molecule has 8 nitrogen and oxygen atoms in total. The molecule has 0 N–H and O–H groups in total. The predicted octanol–water partition coefficient (Wildman–Crippen LogP) is 3.03. The molecule has 32 heavy (non-hydrogen) atoms. The fourth-order valence-corrected chi connectivity index (χ4v) is 4.43. The number of aromatic nitrogens is 3. The molecule has 0 spiro atoms. The van der Waals surface area contributed by atoms with Crippen LogP contribution in [0, 0.1) is 5.82 Å². The normalized spacial score (nSPS) is 12.7. The van der Waals surface area contributed by atoms with E-state index >= 15 is 0 Å². The van der Waals surface area contributed by atoms with E-state index in [0.29, 0.717) is 6.42 Å². The minimum absolute atomic E-state index is 0.0211. The van der Waals surface area contributed by atoms with E-state index in [4.69, 9.17) is 0 Å². The maximum absolute atomic E-state index is 13.1. The predicted molar refractivity (Wildman–Crippen MR) is 118 cm³/mol. The number of hydrogen-bond donors (Lipinski definition) is 0. The van der Waals surface area contributed by atoms with Crippen molar-refractivity contribution >= 4 is 15.9 Å². The van der Waals surface area contributed by atoms with Gasteiger partial charge in [0.25, 0.3) is 0 Å². The average Bonchev–Trinajstić information content (AvgIpc) is 3.33. The quantitative estimate of drug-likeness (QED) is 0.491. The average molecular weight is 460 g/mol. The molecular formula is C22H26FN5O3S. The largest absolute Gasteiger partial charge is 0.339 e. The highest BCUT2D eigenvalue weighted by Gasteiger charge is 2.22. The Hall–Kier alpha value is -3.11. The molecule has 0 aliphatic heterocycles. The molecule has 0 radical (unpaired) electrons. The fourth-order valence-electron chi connectivity index (χ4n) is 3.22. The highest BCUT2D eigenvalue weighted by molar-refractivity contribution is 7.89. The molecule has 1 amide bonds. The molecule has 10 heteroatoms. The summed E-state index contributed by atoms with van der Waals surface area (Å²) in [5, 5.41) is 4.09. The van der Waals surface area contributed by atoms with Gasteiger partial charge >= 0.3 is 0 Å². The lowest BCUT2D eigenvalue weighted by Crippen LogP contribution is -2.32.